The second-order valence-electron chi connectivity index (χ2n) is 8.56. The molecule has 0 aromatic heterocycles. The number of nitrogens with one attached hydrogen (secondary N) is 3. The molecule has 0 aromatic rings. The molecule has 0 spiro atoms. The zero-order valence-electron chi connectivity index (χ0n) is 19.7. The van der Waals surface area contributed by atoms with Gasteiger partial charge in [-0.2, -0.15) is 12.6 Å². The summed E-state index contributed by atoms with van der Waals surface area (Å²) in [5, 5.41) is 17.0. The number of hydrogen-bond donors (Lipinski definition) is 8. The summed E-state index contributed by atoms with van der Waals surface area (Å²) in [6, 6.07) is -4.00. The summed E-state index contributed by atoms with van der Waals surface area (Å²) >= 11 is 4.12. The van der Waals surface area contributed by atoms with E-state index < -0.39 is 47.9 Å². The van der Waals surface area contributed by atoms with Gasteiger partial charge in [-0.1, -0.05) is 27.7 Å². The maximum atomic E-state index is 12.8. The minimum atomic E-state index is -1.22. The smallest absolute Gasteiger partial charge is 0.326 e. The van der Waals surface area contributed by atoms with E-state index in [1.165, 1.54) is 0 Å². The Morgan fingerprint density at radius 2 is 1.52 bits per heavy atom. The van der Waals surface area contributed by atoms with Crippen molar-refractivity contribution < 1.29 is 24.3 Å². The van der Waals surface area contributed by atoms with Gasteiger partial charge in [0.1, 0.15) is 18.1 Å². The molecule has 0 aliphatic heterocycles. The van der Waals surface area contributed by atoms with Crippen LogP contribution in [0.2, 0.25) is 0 Å². The van der Waals surface area contributed by atoms with Gasteiger partial charge in [0.15, 0.2) is 5.96 Å². The number of carbonyl (C=O) groups is 4. The zero-order chi connectivity index (χ0) is 25.7. The Labute approximate surface area is 200 Å². The van der Waals surface area contributed by atoms with Crippen molar-refractivity contribution in [3.05, 3.63) is 0 Å². The molecule has 13 heteroatoms. The van der Waals surface area contributed by atoms with Crippen LogP contribution in [0, 0.1) is 11.8 Å². The first-order valence-electron chi connectivity index (χ1n) is 10.9. The standard InChI is InChI=1S/C20H39N7O5S/c1-10(2)8-12(21)16(28)26-14(9-33)17(29)27-15(11(3)4)18(30)25-13(19(31)32)6-5-7-24-20(22)23/h10-15,33H,5-9,21H2,1-4H3,(H,25,30)(H,26,28)(H,27,29)(H,31,32)(H4,22,23,24). The maximum absolute atomic E-state index is 12.8. The first-order chi connectivity index (χ1) is 15.3. The summed E-state index contributed by atoms with van der Waals surface area (Å²) in [5.74, 6) is -3.27. The van der Waals surface area contributed by atoms with Crippen LogP contribution in [0.15, 0.2) is 4.99 Å². The summed E-state index contributed by atoms with van der Waals surface area (Å²) in [4.78, 5) is 53.1. The first kappa shape index (κ1) is 30.5. The molecular weight excluding hydrogens is 450 g/mol. The summed E-state index contributed by atoms with van der Waals surface area (Å²) in [5.41, 5.74) is 16.3. The van der Waals surface area contributed by atoms with Crippen molar-refractivity contribution in [2.75, 3.05) is 12.3 Å². The Bertz CT molecular complexity index is 698. The van der Waals surface area contributed by atoms with Gasteiger partial charge in [0.2, 0.25) is 17.7 Å². The number of aliphatic imine (C=N–C) groups is 1. The van der Waals surface area contributed by atoms with E-state index >= 15 is 0 Å². The lowest BCUT2D eigenvalue weighted by molar-refractivity contribution is -0.142. The van der Waals surface area contributed by atoms with E-state index in [4.69, 9.17) is 17.2 Å². The van der Waals surface area contributed by atoms with Gasteiger partial charge in [-0.3, -0.25) is 19.4 Å². The number of guanidine groups is 1. The Kier molecular flexibility index (Phi) is 14.1. The Balaban J connectivity index is 5.14. The lowest BCUT2D eigenvalue weighted by Gasteiger charge is -2.26. The molecule has 0 fully saturated rings. The monoisotopic (exact) mass is 489 g/mol. The van der Waals surface area contributed by atoms with Gasteiger partial charge in [0.05, 0.1) is 6.04 Å². The van der Waals surface area contributed by atoms with Gasteiger partial charge in [-0.05, 0) is 31.1 Å². The fourth-order valence-corrected chi connectivity index (χ4v) is 3.16. The van der Waals surface area contributed by atoms with Crippen LogP contribution in [0.4, 0.5) is 0 Å². The van der Waals surface area contributed by atoms with Crippen molar-refractivity contribution in [2.24, 2.45) is 34.0 Å². The van der Waals surface area contributed by atoms with Crippen LogP contribution in [0.25, 0.3) is 0 Å². The predicted octanol–water partition coefficient (Wildman–Crippen LogP) is -1.46. The van der Waals surface area contributed by atoms with Crippen LogP contribution in [-0.2, 0) is 19.2 Å². The summed E-state index contributed by atoms with van der Waals surface area (Å²) in [7, 11) is 0. The number of nitrogens with zero attached hydrogens (tertiary/aromatic N) is 1. The minimum Gasteiger partial charge on any atom is -0.480 e. The number of thiol groups is 1. The van der Waals surface area contributed by atoms with Gasteiger partial charge in [0.25, 0.3) is 0 Å². The quantitative estimate of drug-likeness (QED) is 0.0587. The average Bonchev–Trinajstić information content (AvgIpc) is 2.70. The van der Waals surface area contributed by atoms with Crippen molar-refractivity contribution in [2.45, 2.75) is 71.1 Å². The molecule has 0 radical (unpaired) electrons. The molecule has 0 aliphatic carbocycles. The van der Waals surface area contributed by atoms with Crippen LogP contribution in [0.1, 0.15) is 47.0 Å². The van der Waals surface area contributed by atoms with Crippen molar-refractivity contribution in [3.63, 3.8) is 0 Å². The van der Waals surface area contributed by atoms with Crippen LogP contribution in [-0.4, -0.2) is 71.2 Å². The Morgan fingerprint density at radius 1 is 0.939 bits per heavy atom. The summed E-state index contributed by atoms with van der Waals surface area (Å²) in [6.45, 7) is 7.46. The minimum absolute atomic E-state index is 0.0129. The Morgan fingerprint density at radius 3 is 1.97 bits per heavy atom. The molecule has 4 unspecified atom stereocenters. The maximum Gasteiger partial charge on any atom is 0.326 e. The molecule has 33 heavy (non-hydrogen) atoms. The van der Waals surface area contributed by atoms with Gasteiger partial charge < -0.3 is 38.3 Å². The SMILES string of the molecule is CC(C)CC(N)C(=O)NC(CS)C(=O)NC(C(=O)NC(CCCN=C(N)N)C(=O)O)C(C)C. The highest BCUT2D eigenvalue weighted by atomic mass is 32.1. The van der Waals surface area contributed by atoms with Crippen molar-refractivity contribution in [3.8, 4) is 0 Å². The molecule has 0 saturated carbocycles. The molecule has 4 atom stereocenters. The van der Waals surface area contributed by atoms with Gasteiger partial charge in [-0.15, -0.1) is 0 Å². The van der Waals surface area contributed by atoms with Gasteiger partial charge in [-0.25, -0.2) is 4.79 Å². The van der Waals surface area contributed by atoms with Crippen LogP contribution in [0.3, 0.4) is 0 Å². The van der Waals surface area contributed by atoms with Gasteiger partial charge in [0, 0.05) is 12.3 Å². The third-order valence-electron chi connectivity index (χ3n) is 4.68. The van der Waals surface area contributed by atoms with Crippen LogP contribution < -0.4 is 33.2 Å². The van der Waals surface area contributed by atoms with Crippen LogP contribution in [0.5, 0.6) is 0 Å². The van der Waals surface area contributed by atoms with E-state index in [0.29, 0.717) is 12.8 Å². The summed E-state index contributed by atoms with van der Waals surface area (Å²) in [6.07, 6.45) is 0.876. The van der Waals surface area contributed by atoms with E-state index in [0.717, 1.165) is 0 Å². The van der Waals surface area contributed by atoms with E-state index in [-0.39, 0.29) is 36.5 Å². The lowest BCUT2D eigenvalue weighted by atomic mass is 10.0. The van der Waals surface area contributed by atoms with E-state index in [1.54, 1.807) is 13.8 Å². The number of aliphatic carboxylic acids is 1. The topological polar surface area (TPSA) is 215 Å². The third kappa shape index (κ3) is 12.3. The number of rotatable bonds is 15. The molecule has 190 valence electrons. The molecule has 0 aliphatic rings. The number of nitrogens with two attached hydrogens (primary N) is 3. The molecule has 12 nitrogen and oxygen atoms in total. The third-order valence-corrected chi connectivity index (χ3v) is 5.05. The van der Waals surface area contributed by atoms with Crippen molar-refractivity contribution in [1.29, 1.82) is 0 Å². The van der Waals surface area contributed by atoms with Crippen molar-refractivity contribution in [1.82, 2.24) is 16.0 Å². The molecule has 0 saturated heterocycles. The molecule has 10 N–H and O–H groups in total. The fraction of sp³-hybridized carbons (Fsp3) is 0.750. The largest absolute Gasteiger partial charge is 0.480 e. The molecule has 0 heterocycles. The van der Waals surface area contributed by atoms with E-state index in [9.17, 15) is 24.3 Å². The highest BCUT2D eigenvalue weighted by Crippen LogP contribution is 2.07. The number of carbonyl (C=O) groups excluding carboxylic acids is 3. The fourth-order valence-electron chi connectivity index (χ4n) is 2.90. The number of amides is 3. The lowest BCUT2D eigenvalue weighted by Crippen LogP contribution is -2.59. The zero-order valence-corrected chi connectivity index (χ0v) is 20.6. The molecule has 0 bridgehead atoms. The number of hydrogen-bond acceptors (Lipinski definition) is 7. The second kappa shape index (κ2) is 15.3. The Hall–Kier alpha value is -2.54. The highest BCUT2D eigenvalue weighted by Gasteiger charge is 2.31. The first-order valence-corrected chi connectivity index (χ1v) is 11.5. The molecular formula is C20H39N7O5S. The number of carboxylic acid groups (broad SMARTS) is 1. The predicted molar refractivity (Wildman–Crippen MR) is 129 cm³/mol. The van der Waals surface area contributed by atoms with E-state index in [1.807, 2.05) is 13.8 Å². The molecule has 0 rings (SSSR count). The average molecular weight is 490 g/mol. The van der Waals surface area contributed by atoms with Gasteiger partial charge >= 0.3 is 5.97 Å². The molecule has 3 amide bonds. The summed E-state index contributed by atoms with van der Waals surface area (Å²) < 4.78 is 0. The normalized spacial score (nSPS) is 14.7. The highest BCUT2D eigenvalue weighted by molar-refractivity contribution is 7.80. The molecule has 0 aromatic carbocycles. The number of carboxylic acids is 1. The second-order valence-corrected chi connectivity index (χ2v) is 8.92. The van der Waals surface area contributed by atoms with Crippen molar-refractivity contribution >= 4 is 42.3 Å². The van der Waals surface area contributed by atoms with Crippen LogP contribution >= 0.6 is 12.6 Å². The van der Waals surface area contributed by atoms with E-state index in [2.05, 4.69) is 33.6 Å².